The summed E-state index contributed by atoms with van der Waals surface area (Å²) in [6, 6.07) is 8.49. The van der Waals surface area contributed by atoms with Crippen molar-refractivity contribution in [3.05, 3.63) is 35.4 Å². The summed E-state index contributed by atoms with van der Waals surface area (Å²) in [5.74, 6) is 0. The van der Waals surface area contributed by atoms with Crippen LogP contribution in [0, 0.1) is 6.92 Å². The number of aliphatic hydroxyl groups excluding tert-OH is 1. The van der Waals surface area contributed by atoms with Crippen molar-refractivity contribution >= 4 is 0 Å². The largest absolute Gasteiger partial charge is 0.387 e. The van der Waals surface area contributed by atoms with Crippen molar-refractivity contribution in [2.24, 2.45) is 0 Å². The molecule has 2 nitrogen and oxygen atoms in total. The Kier molecular flexibility index (Phi) is 4.30. The summed E-state index contributed by atoms with van der Waals surface area (Å²) in [5, 5.41) is 13.4. The zero-order valence-corrected chi connectivity index (χ0v) is 9.99. The van der Waals surface area contributed by atoms with Crippen LogP contribution in [0.1, 0.15) is 38.0 Å². The van der Waals surface area contributed by atoms with E-state index < -0.39 is 6.10 Å². The van der Waals surface area contributed by atoms with Crippen LogP contribution in [-0.2, 0) is 0 Å². The second-order valence-corrected chi connectivity index (χ2v) is 4.47. The fraction of sp³-hybridized carbons (Fsp3) is 0.538. The van der Waals surface area contributed by atoms with Crippen molar-refractivity contribution in [3.63, 3.8) is 0 Å². The lowest BCUT2D eigenvalue weighted by molar-refractivity contribution is 0.132. The van der Waals surface area contributed by atoms with Crippen LogP contribution in [0.25, 0.3) is 0 Å². The minimum Gasteiger partial charge on any atom is -0.387 e. The molecule has 0 saturated heterocycles. The first-order valence-electron chi connectivity index (χ1n) is 5.51. The fourth-order valence-corrected chi connectivity index (χ4v) is 1.67. The molecule has 0 fully saturated rings. The molecule has 84 valence electrons. The van der Waals surface area contributed by atoms with E-state index in [9.17, 15) is 5.11 Å². The molecule has 0 aliphatic rings. The Hall–Kier alpha value is -0.860. The number of hydrogen-bond donors (Lipinski definition) is 2. The maximum absolute atomic E-state index is 10.1. The molecule has 0 bridgehead atoms. The van der Waals surface area contributed by atoms with Crippen LogP contribution in [0.3, 0.4) is 0 Å². The van der Waals surface area contributed by atoms with Crippen molar-refractivity contribution in [1.29, 1.82) is 0 Å². The molecule has 0 aromatic heterocycles. The molecule has 2 atom stereocenters. The number of benzene rings is 1. The number of aryl methyl sites for hydroxylation is 1. The van der Waals surface area contributed by atoms with Crippen LogP contribution in [0.2, 0.25) is 0 Å². The van der Waals surface area contributed by atoms with Crippen molar-refractivity contribution in [2.45, 2.75) is 45.9 Å². The summed E-state index contributed by atoms with van der Waals surface area (Å²) in [6.07, 6.45) is -0.437. The maximum Gasteiger partial charge on any atom is 0.0940 e. The highest BCUT2D eigenvalue weighted by atomic mass is 16.3. The van der Waals surface area contributed by atoms with Crippen molar-refractivity contribution in [1.82, 2.24) is 5.32 Å². The van der Waals surface area contributed by atoms with E-state index in [1.54, 1.807) is 0 Å². The molecule has 1 rings (SSSR count). The van der Waals surface area contributed by atoms with Crippen molar-refractivity contribution in [2.75, 3.05) is 0 Å². The Morgan fingerprint density at radius 3 is 2.07 bits per heavy atom. The summed E-state index contributed by atoms with van der Waals surface area (Å²) in [6.45, 7) is 8.22. The highest BCUT2D eigenvalue weighted by Crippen LogP contribution is 2.17. The third-order valence-electron chi connectivity index (χ3n) is 2.49. The van der Waals surface area contributed by atoms with Gasteiger partial charge < -0.3 is 10.4 Å². The van der Waals surface area contributed by atoms with E-state index in [0.29, 0.717) is 6.04 Å². The van der Waals surface area contributed by atoms with Gasteiger partial charge >= 0.3 is 0 Å². The normalized spacial score (nSPS) is 15.3. The van der Waals surface area contributed by atoms with Gasteiger partial charge in [-0.15, -0.1) is 0 Å². The van der Waals surface area contributed by atoms with E-state index in [1.807, 2.05) is 38.1 Å². The Morgan fingerprint density at radius 1 is 1.07 bits per heavy atom. The van der Waals surface area contributed by atoms with Gasteiger partial charge in [0.1, 0.15) is 0 Å². The van der Waals surface area contributed by atoms with Gasteiger partial charge in [0.2, 0.25) is 0 Å². The van der Waals surface area contributed by atoms with Gasteiger partial charge in [-0.25, -0.2) is 0 Å². The molecule has 15 heavy (non-hydrogen) atoms. The van der Waals surface area contributed by atoms with Crippen LogP contribution in [0.4, 0.5) is 0 Å². The standard InChI is InChI=1S/C13H21NO/c1-9(2)14-11(4)13(15)12-7-5-10(3)6-8-12/h5-9,11,13-15H,1-4H3/t11?,13-/m1/s1. The van der Waals surface area contributed by atoms with Crippen LogP contribution in [0.15, 0.2) is 24.3 Å². The summed E-state index contributed by atoms with van der Waals surface area (Å²) < 4.78 is 0. The van der Waals surface area contributed by atoms with E-state index >= 15 is 0 Å². The minimum atomic E-state index is -0.437. The molecule has 1 aromatic carbocycles. The highest BCUT2D eigenvalue weighted by molar-refractivity contribution is 5.23. The fourth-order valence-electron chi connectivity index (χ4n) is 1.67. The second kappa shape index (κ2) is 5.29. The number of nitrogens with one attached hydrogen (secondary N) is 1. The molecule has 0 radical (unpaired) electrons. The lowest BCUT2D eigenvalue weighted by Crippen LogP contribution is -2.36. The van der Waals surface area contributed by atoms with Crippen LogP contribution in [-0.4, -0.2) is 17.2 Å². The van der Waals surface area contributed by atoms with Gasteiger partial charge in [0.05, 0.1) is 6.10 Å². The van der Waals surface area contributed by atoms with Crippen molar-refractivity contribution < 1.29 is 5.11 Å². The summed E-state index contributed by atoms with van der Waals surface area (Å²) in [7, 11) is 0. The van der Waals surface area contributed by atoms with Crippen molar-refractivity contribution in [3.8, 4) is 0 Å². The molecule has 0 heterocycles. The molecule has 0 amide bonds. The van der Waals surface area contributed by atoms with E-state index in [4.69, 9.17) is 0 Å². The number of hydrogen-bond acceptors (Lipinski definition) is 2. The topological polar surface area (TPSA) is 32.3 Å². The number of aliphatic hydroxyl groups is 1. The van der Waals surface area contributed by atoms with Gasteiger partial charge in [0, 0.05) is 12.1 Å². The predicted octanol–water partition coefficient (Wildman–Crippen LogP) is 2.41. The maximum atomic E-state index is 10.1. The molecule has 1 aromatic rings. The van der Waals surface area contributed by atoms with Crippen LogP contribution in [0.5, 0.6) is 0 Å². The predicted molar refractivity (Wildman–Crippen MR) is 63.9 cm³/mol. The molecule has 2 heteroatoms. The van der Waals surface area contributed by atoms with Gasteiger partial charge in [0.25, 0.3) is 0 Å². The first kappa shape index (κ1) is 12.2. The SMILES string of the molecule is Cc1ccc([C@H](O)C(C)NC(C)C)cc1. The summed E-state index contributed by atoms with van der Waals surface area (Å²) >= 11 is 0. The summed E-state index contributed by atoms with van der Waals surface area (Å²) in [4.78, 5) is 0. The minimum absolute atomic E-state index is 0.0766. The third-order valence-corrected chi connectivity index (χ3v) is 2.49. The molecular formula is C13H21NO. The van der Waals surface area contributed by atoms with Crippen LogP contribution < -0.4 is 5.32 Å². The summed E-state index contributed by atoms with van der Waals surface area (Å²) in [5.41, 5.74) is 2.19. The van der Waals surface area contributed by atoms with E-state index in [1.165, 1.54) is 5.56 Å². The average Bonchev–Trinajstić information content (AvgIpc) is 2.17. The zero-order valence-electron chi connectivity index (χ0n) is 9.99. The van der Waals surface area contributed by atoms with E-state index in [-0.39, 0.29) is 6.04 Å². The Balaban J connectivity index is 2.67. The Morgan fingerprint density at radius 2 is 1.60 bits per heavy atom. The quantitative estimate of drug-likeness (QED) is 0.794. The van der Waals surface area contributed by atoms with Crippen LogP contribution >= 0.6 is 0 Å². The third kappa shape index (κ3) is 3.65. The molecule has 0 spiro atoms. The molecule has 0 aliphatic heterocycles. The smallest absolute Gasteiger partial charge is 0.0940 e. The number of rotatable bonds is 4. The van der Waals surface area contributed by atoms with Gasteiger partial charge in [-0.3, -0.25) is 0 Å². The van der Waals surface area contributed by atoms with Gasteiger partial charge in [-0.1, -0.05) is 43.7 Å². The zero-order chi connectivity index (χ0) is 11.4. The Bertz CT molecular complexity index is 292. The van der Waals surface area contributed by atoms with Gasteiger partial charge in [0.15, 0.2) is 0 Å². The Labute approximate surface area is 92.3 Å². The average molecular weight is 207 g/mol. The highest BCUT2D eigenvalue weighted by Gasteiger charge is 2.16. The molecule has 0 saturated carbocycles. The van der Waals surface area contributed by atoms with E-state index in [2.05, 4.69) is 19.2 Å². The molecule has 2 N–H and O–H groups in total. The molecule has 1 unspecified atom stereocenters. The van der Waals surface area contributed by atoms with E-state index in [0.717, 1.165) is 5.56 Å². The lowest BCUT2D eigenvalue weighted by atomic mass is 10.0. The molecule has 0 aliphatic carbocycles. The second-order valence-electron chi connectivity index (χ2n) is 4.47. The first-order valence-corrected chi connectivity index (χ1v) is 5.51. The van der Waals surface area contributed by atoms with Gasteiger partial charge in [-0.05, 0) is 19.4 Å². The molecular weight excluding hydrogens is 186 g/mol. The monoisotopic (exact) mass is 207 g/mol. The van der Waals surface area contributed by atoms with Gasteiger partial charge in [-0.2, -0.15) is 0 Å². The lowest BCUT2D eigenvalue weighted by Gasteiger charge is -2.22. The first-order chi connectivity index (χ1) is 7.00.